The number of carbonyl (C=O) groups is 4. The number of hydrogen-bond acceptors (Lipinski definition) is 5. The van der Waals surface area contributed by atoms with Gasteiger partial charge in [0.25, 0.3) is 11.8 Å². The van der Waals surface area contributed by atoms with E-state index in [0.717, 1.165) is 16.9 Å². The molecule has 30 heavy (non-hydrogen) atoms. The molecule has 2 aromatic rings. The number of ketones is 1. The first-order chi connectivity index (χ1) is 14.3. The summed E-state index contributed by atoms with van der Waals surface area (Å²) in [4.78, 5) is 51.8. The number of imide groups is 1. The Labute approximate surface area is 175 Å². The van der Waals surface area contributed by atoms with Gasteiger partial charge in [-0.3, -0.25) is 19.3 Å². The van der Waals surface area contributed by atoms with Crippen molar-refractivity contribution < 1.29 is 23.9 Å². The van der Waals surface area contributed by atoms with Crippen LogP contribution in [-0.4, -0.2) is 41.1 Å². The second-order valence-electron chi connectivity index (χ2n) is 7.75. The Morgan fingerprint density at radius 1 is 0.933 bits per heavy atom. The van der Waals surface area contributed by atoms with Crippen LogP contribution in [0.2, 0.25) is 0 Å². The van der Waals surface area contributed by atoms with Crippen LogP contribution in [0.3, 0.4) is 0 Å². The van der Waals surface area contributed by atoms with Gasteiger partial charge in [-0.15, -0.1) is 0 Å². The molecule has 6 nitrogen and oxygen atoms in total. The molecule has 0 N–H and O–H groups in total. The molecular formula is C24H25NO5. The number of nitrogens with zero attached hydrogens (tertiary/aromatic N) is 1. The summed E-state index contributed by atoms with van der Waals surface area (Å²) in [5.41, 5.74) is 2.10. The predicted octanol–water partition coefficient (Wildman–Crippen LogP) is 3.69. The highest BCUT2D eigenvalue weighted by atomic mass is 16.5. The van der Waals surface area contributed by atoms with Crippen LogP contribution in [0.25, 0.3) is 0 Å². The molecule has 0 aromatic heterocycles. The third-order valence-electron chi connectivity index (χ3n) is 5.13. The smallest absolute Gasteiger partial charge is 0.329 e. The van der Waals surface area contributed by atoms with Gasteiger partial charge in [0.1, 0.15) is 6.04 Å². The number of Topliss-reactive ketones (excluding diaryl/α,β-unsaturated/α-hetero) is 1. The van der Waals surface area contributed by atoms with E-state index < -0.39 is 30.4 Å². The Morgan fingerprint density at radius 2 is 1.50 bits per heavy atom. The summed E-state index contributed by atoms with van der Waals surface area (Å²) in [7, 11) is 0. The average Bonchev–Trinajstić information content (AvgIpc) is 3.00. The number of benzene rings is 2. The molecule has 2 aromatic carbocycles. The van der Waals surface area contributed by atoms with Gasteiger partial charge in [0.2, 0.25) is 0 Å². The maximum atomic E-state index is 12.8. The Hall–Kier alpha value is -3.28. The highest BCUT2D eigenvalue weighted by Gasteiger charge is 2.43. The van der Waals surface area contributed by atoms with E-state index in [1.54, 1.807) is 36.4 Å². The maximum Gasteiger partial charge on any atom is 0.329 e. The minimum absolute atomic E-state index is 0.0316. The molecule has 156 valence electrons. The largest absolute Gasteiger partial charge is 0.456 e. The van der Waals surface area contributed by atoms with Gasteiger partial charge in [0.15, 0.2) is 12.4 Å². The highest BCUT2D eigenvalue weighted by Crippen LogP contribution is 2.27. The average molecular weight is 407 g/mol. The van der Waals surface area contributed by atoms with Crippen molar-refractivity contribution in [1.82, 2.24) is 4.90 Å². The summed E-state index contributed by atoms with van der Waals surface area (Å²) in [6.07, 6.45) is 1.12. The summed E-state index contributed by atoms with van der Waals surface area (Å²) < 4.78 is 5.25. The van der Waals surface area contributed by atoms with Gasteiger partial charge in [-0.2, -0.15) is 0 Å². The van der Waals surface area contributed by atoms with E-state index in [9.17, 15) is 19.2 Å². The van der Waals surface area contributed by atoms with Crippen molar-refractivity contribution in [1.29, 1.82) is 0 Å². The fourth-order valence-electron chi connectivity index (χ4n) is 3.49. The van der Waals surface area contributed by atoms with E-state index in [0.29, 0.717) is 5.56 Å². The molecule has 0 saturated carbocycles. The number of aryl methyl sites for hydroxylation is 1. The first-order valence-electron chi connectivity index (χ1n) is 10.1. The van der Waals surface area contributed by atoms with Crippen LogP contribution >= 0.6 is 0 Å². The molecule has 1 heterocycles. The zero-order valence-electron chi connectivity index (χ0n) is 17.4. The van der Waals surface area contributed by atoms with Gasteiger partial charge in [-0.05, 0) is 36.5 Å². The second-order valence-corrected chi connectivity index (χ2v) is 7.75. The minimum atomic E-state index is -1.08. The lowest BCUT2D eigenvalue weighted by Gasteiger charge is -2.25. The molecule has 6 heteroatoms. The predicted molar refractivity (Wildman–Crippen MR) is 111 cm³/mol. The van der Waals surface area contributed by atoms with Gasteiger partial charge < -0.3 is 4.74 Å². The van der Waals surface area contributed by atoms with E-state index >= 15 is 0 Å². The fourth-order valence-corrected chi connectivity index (χ4v) is 3.49. The standard InChI is InChI=1S/C24H25NO5/c1-4-16-9-11-17(12-10-16)21(26)14-30-24(29)20(13-15(2)3)25-22(27)18-7-5-6-8-19(18)23(25)28/h5-12,15,20H,4,13-14H2,1-3H3. The van der Waals surface area contributed by atoms with Crippen molar-refractivity contribution in [2.24, 2.45) is 5.92 Å². The lowest BCUT2D eigenvalue weighted by Crippen LogP contribution is -2.46. The summed E-state index contributed by atoms with van der Waals surface area (Å²) in [5.74, 6) is -2.09. The summed E-state index contributed by atoms with van der Waals surface area (Å²) in [5, 5.41) is 0. The van der Waals surface area contributed by atoms with Crippen molar-refractivity contribution in [2.75, 3.05) is 6.61 Å². The first kappa shape index (κ1) is 21.4. The van der Waals surface area contributed by atoms with Crippen molar-refractivity contribution in [3.05, 3.63) is 70.8 Å². The maximum absolute atomic E-state index is 12.8. The van der Waals surface area contributed by atoms with Crippen LogP contribution in [0.4, 0.5) is 0 Å². The number of rotatable bonds is 8. The molecule has 1 aliphatic rings. The quantitative estimate of drug-likeness (QED) is 0.379. The van der Waals surface area contributed by atoms with Crippen LogP contribution in [0.15, 0.2) is 48.5 Å². The lowest BCUT2D eigenvalue weighted by molar-refractivity contribution is -0.147. The topological polar surface area (TPSA) is 80.8 Å². The van der Waals surface area contributed by atoms with Crippen LogP contribution in [0.1, 0.15) is 63.8 Å². The summed E-state index contributed by atoms with van der Waals surface area (Å²) in [6.45, 7) is 5.35. The number of amides is 2. The van der Waals surface area contributed by atoms with Crippen LogP contribution in [0.5, 0.6) is 0 Å². The molecule has 0 fully saturated rings. The third-order valence-corrected chi connectivity index (χ3v) is 5.13. The number of esters is 1. The SMILES string of the molecule is CCc1ccc(C(=O)COC(=O)C(CC(C)C)N2C(=O)c3ccccc3C2=O)cc1. The van der Waals surface area contributed by atoms with Crippen molar-refractivity contribution >= 4 is 23.6 Å². The summed E-state index contributed by atoms with van der Waals surface area (Å²) in [6, 6.07) is 12.5. The van der Waals surface area contributed by atoms with Gasteiger partial charge in [0.05, 0.1) is 11.1 Å². The third kappa shape index (κ3) is 4.32. The molecule has 0 aliphatic carbocycles. The van der Waals surface area contributed by atoms with E-state index in [-0.39, 0.29) is 29.2 Å². The Bertz CT molecular complexity index is 942. The number of ether oxygens (including phenoxy) is 1. The molecule has 0 saturated heterocycles. The minimum Gasteiger partial charge on any atom is -0.456 e. The van der Waals surface area contributed by atoms with Crippen molar-refractivity contribution in [3.8, 4) is 0 Å². The monoisotopic (exact) mass is 407 g/mol. The summed E-state index contributed by atoms with van der Waals surface area (Å²) >= 11 is 0. The van der Waals surface area contributed by atoms with Crippen molar-refractivity contribution in [2.45, 2.75) is 39.7 Å². The van der Waals surface area contributed by atoms with Gasteiger partial charge in [-0.1, -0.05) is 57.2 Å². The van der Waals surface area contributed by atoms with Crippen molar-refractivity contribution in [3.63, 3.8) is 0 Å². The number of hydrogen-bond donors (Lipinski definition) is 0. The molecule has 2 amide bonds. The van der Waals surface area contributed by atoms with Gasteiger partial charge >= 0.3 is 5.97 Å². The fraction of sp³-hybridized carbons (Fsp3) is 0.333. The molecule has 1 atom stereocenters. The molecule has 0 radical (unpaired) electrons. The first-order valence-corrected chi connectivity index (χ1v) is 10.1. The van der Waals surface area contributed by atoms with E-state index in [4.69, 9.17) is 4.74 Å². The molecule has 1 unspecified atom stereocenters. The van der Waals surface area contributed by atoms with Gasteiger partial charge in [-0.25, -0.2) is 4.79 Å². The van der Waals surface area contributed by atoms with Crippen LogP contribution in [-0.2, 0) is 16.0 Å². The Kier molecular flexibility index (Phi) is 6.45. The second kappa shape index (κ2) is 9.03. The van der Waals surface area contributed by atoms with Crippen LogP contribution in [0, 0.1) is 5.92 Å². The van der Waals surface area contributed by atoms with E-state index in [1.807, 2.05) is 32.9 Å². The molecular weight excluding hydrogens is 382 g/mol. The molecule has 3 rings (SSSR count). The van der Waals surface area contributed by atoms with Crippen LogP contribution < -0.4 is 0 Å². The zero-order chi connectivity index (χ0) is 21.8. The Balaban J connectivity index is 1.74. The molecule has 0 bridgehead atoms. The number of carbonyl (C=O) groups excluding carboxylic acids is 4. The number of fused-ring (bicyclic) bond motifs is 1. The van der Waals surface area contributed by atoms with Gasteiger partial charge in [0, 0.05) is 5.56 Å². The zero-order valence-corrected chi connectivity index (χ0v) is 17.4. The Morgan fingerprint density at radius 3 is 2.00 bits per heavy atom. The highest BCUT2D eigenvalue weighted by molar-refractivity contribution is 6.22. The molecule has 0 spiro atoms. The van der Waals surface area contributed by atoms with E-state index in [1.165, 1.54) is 0 Å². The molecule has 1 aliphatic heterocycles. The normalized spacial score (nSPS) is 14.1. The van der Waals surface area contributed by atoms with E-state index in [2.05, 4.69) is 0 Å². The lowest BCUT2D eigenvalue weighted by atomic mass is 10.0.